The highest BCUT2D eigenvalue weighted by atomic mass is 19.1. The van der Waals surface area contributed by atoms with Crippen LogP contribution in [0.15, 0.2) is 77.5 Å². The normalized spacial score (nSPS) is 11.1. The maximum atomic E-state index is 13.9. The molecule has 0 aliphatic carbocycles. The molecule has 170 valence electrons. The molecule has 0 aliphatic rings. The highest BCUT2D eigenvalue weighted by molar-refractivity contribution is 5.70. The van der Waals surface area contributed by atoms with Gasteiger partial charge in [-0.2, -0.15) is 0 Å². The molecule has 2 aromatic carbocycles. The number of aromatic nitrogens is 3. The fourth-order valence-electron chi connectivity index (χ4n) is 3.85. The molecule has 0 fully saturated rings. The third-order valence-corrected chi connectivity index (χ3v) is 5.23. The number of halogens is 2. The largest absolute Gasteiger partial charge is 0.469 e. The first-order valence-corrected chi connectivity index (χ1v) is 10.6. The van der Waals surface area contributed by atoms with E-state index in [2.05, 4.69) is 0 Å². The van der Waals surface area contributed by atoms with Crippen LogP contribution in [0, 0.1) is 11.6 Å². The molecule has 34 heavy (non-hydrogen) atoms. The number of rotatable bonds is 6. The Bertz CT molecular complexity index is 1460. The lowest BCUT2D eigenvalue weighted by Crippen LogP contribution is -2.07. The lowest BCUT2D eigenvalue weighted by Gasteiger charge is -2.10. The Morgan fingerprint density at radius 1 is 0.971 bits per heavy atom. The van der Waals surface area contributed by atoms with Crippen LogP contribution in [0.3, 0.4) is 0 Å². The van der Waals surface area contributed by atoms with Gasteiger partial charge in [0.05, 0.1) is 24.1 Å². The van der Waals surface area contributed by atoms with Crippen molar-refractivity contribution in [1.29, 1.82) is 0 Å². The molecule has 0 aliphatic heterocycles. The number of hydrogen-bond acceptors (Lipinski definition) is 5. The first kappa shape index (κ1) is 21.5. The van der Waals surface area contributed by atoms with E-state index in [1.807, 2.05) is 30.3 Å². The minimum absolute atomic E-state index is 0.121. The molecule has 0 radical (unpaired) electrons. The summed E-state index contributed by atoms with van der Waals surface area (Å²) in [6.07, 6.45) is 3.69. The molecule has 0 amide bonds. The number of fused-ring (bicyclic) bond motifs is 1. The van der Waals surface area contributed by atoms with E-state index in [4.69, 9.17) is 19.1 Å². The molecular weight excluding hydrogens is 440 g/mol. The minimum atomic E-state index is -0.673. The van der Waals surface area contributed by atoms with Gasteiger partial charge in [-0.1, -0.05) is 30.3 Å². The number of carbonyl (C=O) groups is 1. The Labute approximate surface area is 193 Å². The Kier molecular flexibility index (Phi) is 5.63. The van der Waals surface area contributed by atoms with E-state index in [0.717, 1.165) is 11.6 Å². The maximum absolute atomic E-state index is 13.9. The van der Waals surface area contributed by atoms with Gasteiger partial charge in [0.1, 0.15) is 23.1 Å². The smallest absolute Gasteiger partial charge is 0.309 e. The van der Waals surface area contributed by atoms with E-state index in [9.17, 15) is 13.6 Å². The van der Waals surface area contributed by atoms with Crippen molar-refractivity contribution in [3.63, 3.8) is 0 Å². The van der Waals surface area contributed by atoms with E-state index >= 15 is 0 Å². The van der Waals surface area contributed by atoms with E-state index in [0.29, 0.717) is 34.1 Å². The van der Waals surface area contributed by atoms with Crippen LogP contribution >= 0.6 is 0 Å². The molecule has 5 rings (SSSR count). The summed E-state index contributed by atoms with van der Waals surface area (Å²) >= 11 is 0. The first-order valence-electron chi connectivity index (χ1n) is 10.6. The second-order valence-corrected chi connectivity index (χ2v) is 7.80. The highest BCUT2D eigenvalue weighted by Gasteiger charge is 2.21. The van der Waals surface area contributed by atoms with E-state index in [1.165, 1.54) is 19.1 Å². The Hall–Kier alpha value is -4.33. The van der Waals surface area contributed by atoms with Crippen LogP contribution in [-0.2, 0) is 17.6 Å². The van der Waals surface area contributed by atoms with Gasteiger partial charge in [0.2, 0.25) is 5.88 Å². The number of nitrogens with zero attached hydrogens (tertiary/aromatic N) is 3. The van der Waals surface area contributed by atoms with Gasteiger partial charge in [-0.15, -0.1) is 0 Å². The SMILES string of the molecule is CC(=O)Oc1c(Cc2ccco2)nc2c(Cc3cc(F)cc(F)c3)nc(-c3ccccc3)cn12. The van der Waals surface area contributed by atoms with Gasteiger partial charge in [-0.25, -0.2) is 18.7 Å². The summed E-state index contributed by atoms with van der Waals surface area (Å²) in [5.41, 5.74) is 3.19. The van der Waals surface area contributed by atoms with Gasteiger partial charge in [0.15, 0.2) is 5.65 Å². The number of carbonyl (C=O) groups excluding carboxylic acids is 1. The molecule has 3 aromatic heterocycles. The number of hydrogen-bond donors (Lipinski definition) is 0. The Morgan fingerprint density at radius 3 is 2.41 bits per heavy atom. The van der Waals surface area contributed by atoms with Crippen molar-refractivity contribution in [2.45, 2.75) is 19.8 Å². The third-order valence-electron chi connectivity index (χ3n) is 5.23. The third kappa shape index (κ3) is 4.43. The predicted molar refractivity (Wildman–Crippen MR) is 120 cm³/mol. The summed E-state index contributed by atoms with van der Waals surface area (Å²) in [6.45, 7) is 1.31. The fourth-order valence-corrected chi connectivity index (χ4v) is 3.85. The fraction of sp³-hybridized carbons (Fsp3) is 0.115. The molecule has 0 spiro atoms. The molecule has 6 nitrogen and oxygen atoms in total. The van der Waals surface area contributed by atoms with Crippen molar-refractivity contribution < 1.29 is 22.7 Å². The van der Waals surface area contributed by atoms with E-state index in [1.54, 1.807) is 29.0 Å². The zero-order chi connectivity index (χ0) is 23.7. The summed E-state index contributed by atoms with van der Waals surface area (Å²) in [5.74, 6) is -0.971. The van der Waals surface area contributed by atoms with Gasteiger partial charge in [-0.05, 0) is 29.8 Å². The molecule has 0 saturated heterocycles. The summed E-state index contributed by atoms with van der Waals surface area (Å²) in [7, 11) is 0. The number of esters is 1. The van der Waals surface area contributed by atoms with Crippen molar-refractivity contribution >= 4 is 11.6 Å². The number of ether oxygens (including phenoxy) is 1. The van der Waals surface area contributed by atoms with Crippen LogP contribution in [-0.4, -0.2) is 20.3 Å². The van der Waals surface area contributed by atoms with Gasteiger partial charge < -0.3 is 9.15 Å². The van der Waals surface area contributed by atoms with Crippen LogP contribution in [0.1, 0.15) is 29.6 Å². The summed E-state index contributed by atoms with van der Waals surface area (Å²) in [5, 5.41) is 0. The van der Waals surface area contributed by atoms with Crippen LogP contribution in [0.25, 0.3) is 16.9 Å². The predicted octanol–water partition coefficient (Wildman–Crippen LogP) is 5.37. The minimum Gasteiger partial charge on any atom is -0.469 e. The second kappa shape index (κ2) is 8.90. The number of benzene rings is 2. The maximum Gasteiger partial charge on any atom is 0.309 e. The van der Waals surface area contributed by atoms with Gasteiger partial charge in [0.25, 0.3) is 0 Å². The lowest BCUT2D eigenvalue weighted by molar-refractivity contribution is -0.132. The average molecular weight is 459 g/mol. The molecule has 8 heteroatoms. The number of furan rings is 1. The van der Waals surface area contributed by atoms with E-state index in [-0.39, 0.29) is 18.7 Å². The number of imidazole rings is 1. The van der Waals surface area contributed by atoms with Gasteiger partial charge >= 0.3 is 5.97 Å². The van der Waals surface area contributed by atoms with Crippen LogP contribution in [0.4, 0.5) is 8.78 Å². The van der Waals surface area contributed by atoms with Crippen molar-refractivity contribution in [3.05, 3.63) is 107 Å². The molecule has 5 aromatic rings. The lowest BCUT2D eigenvalue weighted by atomic mass is 10.1. The summed E-state index contributed by atoms with van der Waals surface area (Å²) in [4.78, 5) is 21.4. The zero-order valence-corrected chi connectivity index (χ0v) is 18.2. The first-order chi connectivity index (χ1) is 16.5. The second-order valence-electron chi connectivity index (χ2n) is 7.80. The molecular formula is C26H19F2N3O3. The molecule has 3 heterocycles. The van der Waals surface area contributed by atoms with E-state index < -0.39 is 17.6 Å². The summed E-state index contributed by atoms with van der Waals surface area (Å²) < 4.78 is 40.4. The molecule has 0 saturated carbocycles. The topological polar surface area (TPSA) is 69.6 Å². The highest BCUT2D eigenvalue weighted by Crippen LogP contribution is 2.29. The quantitative estimate of drug-likeness (QED) is 0.319. The Morgan fingerprint density at radius 2 is 1.74 bits per heavy atom. The van der Waals surface area contributed by atoms with Crippen LogP contribution in [0.5, 0.6) is 5.88 Å². The molecule has 0 N–H and O–H groups in total. The molecule has 0 bridgehead atoms. The van der Waals surface area contributed by atoms with Crippen molar-refractivity contribution in [1.82, 2.24) is 14.4 Å². The average Bonchev–Trinajstić information content (AvgIpc) is 3.42. The molecule has 0 unspecified atom stereocenters. The van der Waals surface area contributed by atoms with Crippen LogP contribution < -0.4 is 4.74 Å². The van der Waals surface area contributed by atoms with Crippen molar-refractivity contribution in [3.8, 4) is 17.1 Å². The van der Waals surface area contributed by atoms with Gasteiger partial charge in [0, 0.05) is 31.2 Å². The van der Waals surface area contributed by atoms with Gasteiger partial charge in [-0.3, -0.25) is 9.20 Å². The zero-order valence-electron chi connectivity index (χ0n) is 18.2. The van der Waals surface area contributed by atoms with Crippen molar-refractivity contribution in [2.24, 2.45) is 0 Å². The monoisotopic (exact) mass is 459 g/mol. The molecule has 0 atom stereocenters. The standard InChI is InChI=1S/C26H19F2N3O3/c1-16(32)34-26-23(14-21-8-5-9-33-21)30-25-22(12-17-10-19(27)13-20(28)11-17)29-24(15-31(25)26)18-6-3-2-4-7-18/h2-11,13,15H,12,14H2,1H3. The van der Waals surface area contributed by atoms with Crippen LogP contribution in [0.2, 0.25) is 0 Å². The van der Waals surface area contributed by atoms with Crippen molar-refractivity contribution in [2.75, 3.05) is 0 Å². The Balaban J connectivity index is 1.72. The summed E-state index contributed by atoms with van der Waals surface area (Å²) in [6, 6.07) is 16.3.